The average molecular weight is 347 g/mol. The molecule has 0 aliphatic carbocycles. The molecule has 0 radical (unpaired) electrons. The number of carbonyl (C=O) groups excluding carboxylic acids is 2. The lowest BCUT2D eigenvalue weighted by Gasteiger charge is -2.26. The van der Waals surface area contributed by atoms with Crippen molar-refractivity contribution in [2.24, 2.45) is 0 Å². The number of thioether (sulfide) groups is 1. The summed E-state index contributed by atoms with van der Waals surface area (Å²) >= 11 is 1.33. The number of methoxy groups -OCH3 is 1. The molecule has 2 aliphatic rings. The molecule has 7 heteroatoms. The maximum atomic E-state index is 12.5. The summed E-state index contributed by atoms with van der Waals surface area (Å²) in [5.41, 5.74) is 1.13. The van der Waals surface area contributed by atoms with Crippen molar-refractivity contribution in [1.29, 1.82) is 0 Å². The van der Waals surface area contributed by atoms with E-state index in [1.807, 2.05) is 31.2 Å². The van der Waals surface area contributed by atoms with E-state index in [4.69, 9.17) is 14.5 Å². The molecule has 0 aromatic heterocycles. The number of hydrogen-bond acceptors (Lipinski definition) is 6. The van der Waals surface area contributed by atoms with E-state index in [1.54, 1.807) is 12.2 Å². The van der Waals surface area contributed by atoms with Gasteiger partial charge in [0.05, 0.1) is 20.1 Å². The summed E-state index contributed by atoms with van der Waals surface area (Å²) in [5.74, 6) is -0.389. The molecule has 1 fully saturated rings. The average Bonchev–Trinajstić information content (AvgIpc) is 2.94. The maximum absolute atomic E-state index is 12.5. The zero-order valence-corrected chi connectivity index (χ0v) is 14.2. The lowest BCUT2D eigenvalue weighted by atomic mass is 10.1. The summed E-state index contributed by atoms with van der Waals surface area (Å²) < 4.78 is 3.95. The van der Waals surface area contributed by atoms with Crippen molar-refractivity contribution in [3.8, 4) is 0 Å². The molecule has 0 spiro atoms. The van der Waals surface area contributed by atoms with Gasteiger partial charge in [-0.15, -0.1) is 11.8 Å². The van der Waals surface area contributed by atoms with Crippen molar-refractivity contribution < 1.29 is 24.1 Å². The number of benzene rings is 1. The van der Waals surface area contributed by atoms with Crippen LogP contribution in [0.4, 0.5) is 0 Å². The SMILES string of the molecule is COC(=O)C1(Sc2ccc(C)cc2)CC(=O)N(C2=CC=COO2)C1. The van der Waals surface area contributed by atoms with E-state index >= 15 is 0 Å². The van der Waals surface area contributed by atoms with Crippen molar-refractivity contribution in [2.45, 2.75) is 23.0 Å². The van der Waals surface area contributed by atoms with Crippen LogP contribution in [0.5, 0.6) is 0 Å². The van der Waals surface area contributed by atoms with Crippen LogP contribution in [0.15, 0.2) is 53.5 Å². The smallest absolute Gasteiger partial charge is 0.324 e. The first-order valence-corrected chi connectivity index (χ1v) is 8.20. The molecule has 1 amide bonds. The summed E-state index contributed by atoms with van der Waals surface area (Å²) in [6.45, 7) is 2.14. The van der Waals surface area contributed by atoms with Crippen molar-refractivity contribution in [2.75, 3.05) is 13.7 Å². The zero-order chi connectivity index (χ0) is 17.2. The number of likely N-dealkylation sites (tertiary alicyclic amines) is 1. The van der Waals surface area contributed by atoms with Gasteiger partial charge in [-0.3, -0.25) is 24.3 Å². The van der Waals surface area contributed by atoms with Crippen LogP contribution in [0.25, 0.3) is 0 Å². The van der Waals surface area contributed by atoms with Crippen LogP contribution < -0.4 is 0 Å². The summed E-state index contributed by atoms with van der Waals surface area (Å²) in [6, 6.07) is 7.79. The van der Waals surface area contributed by atoms with Crippen LogP contribution in [0.1, 0.15) is 12.0 Å². The van der Waals surface area contributed by atoms with Gasteiger partial charge in [0.15, 0.2) is 0 Å². The largest absolute Gasteiger partial charge is 0.468 e. The Kier molecular flexibility index (Phi) is 4.53. The highest BCUT2D eigenvalue weighted by molar-refractivity contribution is 8.01. The molecule has 0 saturated carbocycles. The standard InChI is InChI=1S/C17H17NO5S/c1-12-5-7-13(8-6-12)24-17(16(20)21-2)10-14(19)18(11-17)15-4-3-9-22-23-15/h3-9H,10-11H2,1-2H3. The van der Waals surface area contributed by atoms with Gasteiger partial charge in [0.1, 0.15) is 11.0 Å². The number of nitrogens with zero attached hydrogens (tertiary/aromatic N) is 1. The monoisotopic (exact) mass is 347 g/mol. The predicted molar refractivity (Wildman–Crippen MR) is 87.5 cm³/mol. The predicted octanol–water partition coefficient (Wildman–Crippen LogP) is 2.55. The van der Waals surface area contributed by atoms with Crippen LogP contribution in [-0.4, -0.2) is 35.2 Å². The molecule has 0 bridgehead atoms. The molecule has 24 heavy (non-hydrogen) atoms. The van der Waals surface area contributed by atoms with E-state index in [9.17, 15) is 9.59 Å². The van der Waals surface area contributed by atoms with Gasteiger partial charge in [-0.2, -0.15) is 0 Å². The molecule has 2 heterocycles. The highest BCUT2D eigenvalue weighted by Gasteiger charge is 2.52. The first-order chi connectivity index (χ1) is 11.5. The number of esters is 1. The van der Waals surface area contributed by atoms with E-state index in [0.29, 0.717) is 0 Å². The second kappa shape index (κ2) is 6.60. The quantitative estimate of drug-likeness (QED) is 0.616. The number of carbonyl (C=O) groups is 2. The van der Waals surface area contributed by atoms with Gasteiger partial charge < -0.3 is 4.74 Å². The first-order valence-electron chi connectivity index (χ1n) is 7.39. The first kappa shape index (κ1) is 16.4. The van der Waals surface area contributed by atoms with E-state index in [1.165, 1.54) is 30.0 Å². The Balaban J connectivity index is 1.88. The minimum absolute atomic E-state index is 0.0304. The van der Waals surface area contributed by atoms with Gasteiger partial charge in [0.25, 0.3) is 5.88 Å². The third-order valence-electron chi connectivity index (χ3n) is 3.82. The molecule has 1 atom stereocenters. The van der Waals surface area contributed by atoms with Crippen molar-refractivity contribution >= 4 is 23.6 Å². The Morgan fingerprint density at radius 2 is 2.08 bits per heavy atom. The van der Waals surface area contributed by atoms with Crippen molar-refractivity contribution in [3.05, 3.63) is 54.1 Å². The normalized spacial score (nSPS) is 22.7. The van der Waals surface area contributed by atoms with Gasteiger partial charge in [-0.25, -0.2) is 0 Å². The Bertz CT molecular complexity index is 712. The molecule has 0 N–H and O–H groups in total. The minimum Gasteiger partial charge on any atom is -0.468 e. The fraction of sp³-hybridized carbons (Fsp3) is 0.294. The third-order valence-corrected chi connectivity index (χ3v) is 5.15. The molecule has 2 aliphatic heterocycles. The van der Waals surface area contributed by atoms with Gasteiger partial charge >= 0.3 is 5.97 Å². The molecule has 1 unspecified atom stereocenters. The molecule has 6 nitrogen and oxygen atoms in total. The summed E-state index contributed by atoms with van der Waals surface area (Å²) in [7, 11) is 1.33. The molecule has 1 aromatic carbocycles. The minimum atomic E-state index is -1.02. The van der Waals surface area contributed by atoms with Gasteiger partial charge in [-0.1, -0.05) is 17.7 Å². The summed E-state index contributed by atoms with van der Waals surface area (Å²) in [6.07, 6.45) is 4.63. The number of aryl methyl sites for hydroxylation is 1. The number of amides is 1. The number of hydrogen-bond donors (Lipinski definition) is 0. The number of allylic oxidation sites excluding steroid dienone is 2. The molecule has 126 valence electrons. The van der Waals surface area contributed by atoms with E-state index in [-0.39, 0.29) is 24.8 Å². The zero-order valence-electron chi connectivity index (χ0n) is 13.4. The topological polar surface area (TPSA) is 65.1 Å². The fourth-order valence-electron chi connectivity index (χ4n) is 2.60. The fourth-order valence-corrected chi connectivity index (χ4v) is 3.88. The Hall–Kier alpha value is -2.41. The van der Waals surface area contributed by atoms with Gasteiger partial charge in [-0.05, 0) is 25.1 Å². The molecular formula is C17H17NO5S. The summed E-state index contributed by atoms with van der Waals surface area (Å²) in [4.78, 5) is 37.0. The van der Waals surface area contributed by atoms with E-state index < -0.39 is 10.7 Å². The number of rotatable bonds is 4. The highest BCUT2D eigenvalue weighted by atomic mass is 32.2. The second-order valence-electron chi connectivity index (χ2n) is 5.57. The molecule has 1 saturated heterocycles. The van der Waals surface area contributed by atoms with E-state index in [2.05, 4.69) is 0 Å². The Morgan fingerprint density at radius 3 is 2.71 bits per heavy atom. The van der Waals surface area contributed by atoms with Crippen molar-refractivity contribution in [1.82, 2.24) is 4.90 Å². The van der Waals surface area contributed by atoms with E-state index in [0.717, 1.165) is 10.5 Å². The van der Waals surface area contributed by atoms with Crippen LogP contribution >= 0.6 is 11.8 Å². The van der Waals surface area contributed by atoms with Crippen molar-refractivity contribution in [3.63, 3.8) is 0 Å². The Labute approximate surface area is 144 Å². The molecule has 1 aromatic rings. The second-order valence-corrected chi connectivity index (χ2v) is 7.03. The number of ether oxygens (including phenoxy) is 1. The lowest BCUT2D eigenvalue weighted by molar-refractivity contribution is -0.232. The van der Waals surface area contributed by atoms with Gasteiger partial charge in [0, 0.05) is 11.0 Å². The third kappa shape index (κ3) is 3.12. The van der Waals surface area contributed by atoms with Gasteiger partial charge in [0.2, 0.25) is 5.91 Å². The molecule has 3 rings (SSSR count). The van der Waals surface area contributed by atoms with Crippen LogP contribution in [0.2, 0.25) is 0 Å². The highest BCUT2D eigenvalue weighted by Crippen LogP contribution is 2.43. The maximum Gasteiger partial charge on any atom is 0.324 e. The van der Waals surface area contributed by atoms with Crippen LogP contribution in [-0.2, 0) is 24.1 Å². The van der Waals surface area contributed by atoms with Crippen LogP contribution in [0.3, 0.4) is 0 Å². The lowest BCUT2D eigenvalue weighted by Crippen LogP contribution is -2.39. The summed E-state index contributed by atoms with van der Waals surface area (Å²) in [5, 5.41) is 0. The molecular weight excluding hydrogens is 330 g/mol. The Morgan fingerprint density at radius 1 is 1.33 bits per heavy atom. The van der Waals surface area contributed by atoms with Crippen LogP contribution in [0, 0.1) is 6.92 Å².